The zero-order valence-electron chi connectivity index (χ0n) is 11.8. The molecular weight excluding hydrogens is 258 g/mol. The molecule has 6 nitrogen and oxygen atoms in total. The lowest BCUT2D eigenvalue weighted by Gasteiger charge is -2.05. The summed E-state index contributed by atoms with van der Waals surface area (Å²) in [5.74, 6) is -0.405. The van der Waals surface area contributed by atoms with E-state index in [2.05, 4.69) is 14.8 Å². The molecule has 0 fully saturated rings. The second-order valence-corrected chi connectivity index (χ2v) is 4.49. The molecule has 0 radical (unpaired) electrons. The molecule has 0 aliphatic heterocycles. The molecule has 0 spiro atoms. The molecule has 0 bridgehead atoms. The van der Waals surface area contributed by atoms with Crippen LogP contribution in [0.1, 0.15) is 33.0 Å². The monoisotopic (exact) mass is 275 g/mol. The van der Waals surface area contributed by atoms with Crippen molar-refractivity contribution in [1.29, 1.82) is 0 Å². The Bertz CT molecular complexity index is 617. The molecule has 0 saturated carbocycles. The number of aryl methyl sites for hydroxylation is 1. The number of aliphatic hydroxyl groups is 1. The van der Waals surface area contributed by atoms with Crippen LogP contribution in [0.4, 0.5) is 0 Å². The van der Waals surface area contributed by atoms with Gasteiger partial charge in [-0.05, 0) is 26.0 Å². The summed E-state index contributed by atoms with van der Waals surface area (Å²) in [7, 11) is 1.34. The lowest BCUT2D eigenvalue weighted by atomic mass is 10.2. The van der Waals surface area contributed by atoms with Gasteiger partial charge < -0.3 is 9.84 Å². The smallest absolute Gasteiger partial charge is 0.339 e. The first-order valence-corrected chi connectivity index (χ1v) is 6.23. The molecule has 2 rings (SSSR count). The first kappa shape index (κ1) is 14.2. The average Bonchev–Trinajstić information content (AvgIpc) is 2.73. The number of ether oxygens (including phenoxy) is 1. The van der Waals surface area contributed by atoms with Crippen molar-refractivity contribution in [3.8, 4) is 0 Å². The van der Waals surface area contributed by atoms with Crippen molar-refractivity contribution in [2.45, 2.75) is 27.0 Å². The minimum atomic E-state index is -0.405. The minimum absolute atomic E-state index is 0.0215. The van der Waals surface area contributed by atoms with Crippen molar-refractivity contribution in [3.63, 3.8) is 0 Å². The first-order valence-electron chi connectivity index (χ1n) is 6.23. The van der Waals surface area contributed by atoms with Crippen molar-refractivity contribution in [2.24, 2.45) is 0 Å². The van der Waals surface area contributed by atoms with Crippen LogP contribution in [-0.4, -0.2) is 33.0 Å². The minimum Gasteiger partial charge on any atom is -0.465 e. The molecule has 2 aromatic rings. The quantitative estimate of drug-likeness (QED) is 0.849. The highest BCUT2D eigenvalue weighted by Gasteiger charge is 2.11. The van der Waals surface area contributed by atoms with Gasteiger partial charge in [-0.1, -0.05) is 0 Å². The molecule has 0 atom stereocenters. The Hall–Kier alpha value is -2.21. The highest BCUT2D eigenvalue weighted by Crippen LogP contribution is 2.14. The summed E-state index contributed by atoms with van der Waals surface area (Å²) in [4.78, 5) is 15.5. The topological polar surface area (TPSA) is 77.2 Å². The van der Waals surface area contributed by atoms with E-state index < -0.39 is 5.97 Å². The highest BCUT2D eigenvalue weighted by molar-refractivity contribution is 5.88. The largest absolute Gasteiger partial charge is 0.465 e. The number of carbonyl (C=O) groups is 1. The van der Waals surface area contributed by atoms with Crippen LogP contribution in [0.15, 0.2) is 18.3 Å². The van der Waals surface area contributed by atoms with Crippen LogP contribution in [-0.2, 0) is 17.9 Å². The fourth-order valence-corrected chi connectivity index (χ4v) is 2.03. The second-order valence-electron chi connectivity index (χ2n) is 4.49. The van der Waals surface area contributed by atoms with Crippen LogP contribution in [0.2, 0.25) is 0 Å². The molecule has 0 aliphatic carbocycles. The summed E-state index contributed by atoms with van der Waals surface area (Å²) in [6.45, 7) is 4.25. The Morgan fingerprint density at radius 3 is 2.65 bits per heavy atom. The van der Waals surface area contributed by atoms with Gasteiger partial charge in [-0.25, -0.2) is 4.79 Å². The Kier molecular flexibility index (Phi) is 4.14. The number of methoxy groups -OCH3 is 1. The fraction of sp³-hybridized carbons (Fsp3) is 0.357. The van der Waals surface area contributed by atoms with Crippen molar-refractivity contribution in [2.75, 3.05) is 7.11 Å². The van der Waals surface area contributed by atoms with Crippen LogP contribution < -0.4 is 0 Å². The molecule has 0 aliphatic rings. The number of pyridine rings is 1. The summed E-state index contributed by atoms with van der Waals surface area (Å²) in [5.41, 5.74) is 3.78. The maximum Gasteiger partial charge on any atom is 0.339 e. The van der Waals surface area contributed by atoms with E-state index in [4.69, 9.17) is 0 Å². The van der Waals surface area contributed by atoms with E-state index in [0.717, 1.165) is 22.6 Å². The summed E-state index contributed by atoms with van der Waals surface area (Å²) in [5, 5.41) is 13.7. The van der Waals surface area contributed by atoms with Crippen molar-refractivity contribution in [1.82, 2.24) is 14.8 Å². The number of rotatable bonds is 4. The summed E-state index contributed by atoms with van der Waals surface area (Å²) in [6, 6.07) is 3.44. The summed E-state index contributed by atoms with van der Waals surface area (Å²) >= 11 is 0. The predicted molar refractivity (Wildman–Crippen MR) is 72.3 cm³/mol. The molecule has 0 amide bonds. The molecule has 6 heteroatoms. The van der Waals surface area contributed by atoms with Crippen molar-refractivity contribution in [3.05, 3.63) is 46.5 Å². The van der Waals surface area contributed by atoms with Gasteiger partial charge in [0.15, 0.2) is 0 Å². The highest BCUT2D eigenvalue weighted by atomic mass is 16.5. The number of aliphatic hydroxyl groups excluding tert-OH is 1. The molecule has 1 N–H and O–H groups in total. The van der Waals surface area contributed by atoms with Gasteiger partial charge in [-0.2, -0.15) is 5.10 Å². The average molecular weight is 275 g/mol. The van der Waals surface area contributed by atoms with Crippen molar-refractivity contribution < 1.29 is 14.6 Å². The van der Waals surface area contributed by atoms with E-state index in [9.17, 15) is 9.90 Å². The summed E-state index contributed by atoms with van der Waals surface area (Å²) in [6.07, 6.45) is 1.49. The van der Waals surface area contributed by atoms with Gasteiger partial charge in [-0.3, -0.25) is 9.67 Å². The zero-order chi connectivity index (χ0) is 14.7. The van der Waals surface area contributed by atoms with Crippen molar-refractivity contribution >= 4 is 5.97 Å². The Labute approximate surface area is 117 Å². The maximum absolute atomic E-state index is 11.3. The summed E-state index contributed by atoms with van der Waals surface area (Å²) < 4.78 is 6.42. The van der Waals surface area contributed by atoms with Gasteiger partial charge >= 0.3 is 5.97 Å². The molecule has 2 heterocycles. The molecule has 0 aromatic carbocycles. The maximum atomic E-state index is 11.3. The lowest BCUT2D eigenvalue weighted by molar-refractivity contribution is 0.0600. The van der Waals surface area contributed by atoms with Gasteiger partial charge in [0.2, 0.25) is 0 Å². The number of aromatic nitrogens is 3. The molecule has 20 heavy (non-hydrogen) atoms. The third kappa shape index (κ3) is 2.70. The molecule has 0 unspecified atom stereocenters. The van der Waals surface area contributed by atoms with E-state index in [0.29, 0.717) is 12.1 Å². The van der Waals surface area contributed by atoms with E-state index in [-0.39, 0.29) is 6.61 Å². The van der Waals surface area contributed by atoms with Crippen LogP contribution >= 0.6 is 0 Å². The van der Waals surface area contributed by atoms with E-state index in [1.54, 1.807) is 16.8 Å². The van der Waals surface area contributed by atoms with Crippen LogP contribution in [0, 0.1) is 13.8 Å². The first-order chi connectivity index (χ1) is 9.56. The molecule has 106 valence electrons. The molecule has 2 aromatic heterocycles. The second kappa shape index (κ2) is 5.83. The number of hydrogen-bond acceptors (Lipinski definition) is 5. The lowest BCUT2D eigenvalue weighted by Crippen LogP contribution is -2.07. The molecule has 0 saturated heterocycles. The fourth-order valence-electron chi connectivity index (χ4n) is 2.03. The standard InChI is InChI=1S/C14H17N3O3/c1-9-13(8-18)10(2)17(16-9)7-12-5-4-11(6-15-12)14(19)20-3/h4-6,18H,7-8H2,1-3H3. The Balaban J connectivity index is 2.20. The van der Waals surface area contributed by atoms with Gasteiger partial charge in [0, 0.05) is 17.5 Å². The van der Waals surface area contributed by atoms with Gasteiger partial charge in [0.05, 0.1) is 37.2 Å². The third-order valence-corrected chi connectivity index (χ3v) is 3.25. The number of carbonyl (C=O) groups excluding carboxylic acids is 1. The number of hydrogen-bond donors (Lipinski definition) is 1. The zero-order valence-corrected chi connectivity index (χ0v) is 11.8. The van der Waals surface area contributed by atoms with Gasteiger partial charge in [0.25, 0.3) is 0 Å². The van der Waals surface area contributed by atoms with Crippen LogP contribution in [0.5, 0.6) is 0 Å². The van der Waals surface area contributed by atoms with E-state index in [1.807, 2.05) is 13.8 Å². The van der Waals surface area contributed by atoms with Crippen LogP contribution in [0.25, 0.3) is 0 Å². The Morgan fingerprint density at radius 1 is 1.40 bits per heavy atom. The third-order valence-electron chi connectivity index (χ3n) is 3.25. The Morgan fingerprint density at radius 2 is 2.15 bits per heavy atom. The van der Waals surface area contributed by atoms with Gasteiger partial charge in [0.1, 0.15) is 0 Å². The SMILES string of the molecule is COC(=O)c1ccc(Cn2nc(C)c(CO)c2C)nc1. The molecular formula is C14H17N3O3. The number of esters is 1. The number of nitrogens with zero attached hydrogens (tertiary/aromatic N) is 3. The predicted octanol–water partition coefficient (Wildman–Crippen LogP) is 1.22. The van der Waals surface area contributed by atoms with E-state index >= 15 is 0 Å². The van der Waals surface area contributed by atoms with E-state index in [1.165, 1.54) is 13.3 Å². The normalized spacial score (nSPS) is 10.6. The van der Waals surface area contributed by atoms with Gasteiger partial charge in [-0.15, -0.1) is 0 Å². The van der Waals surface area contributed by atoms with Crippen LogP contribution in [0.3, 0.4) is 0 Å².